The van der Waals surface area contributed by atoms with E-state index in [-0.39, 0.29) is 12.4 Å². The Morgan fingerprint density at radius 2 is 2.07 bits per heavy atom. The van der Waals surface area contributed by atoms with Crippen LogP contribution in [0.4, 0.5) is 4.39 Å². The topological polar surface area (TPSA) is 57.6 Å². The zero-order chi connectivity index (χ0) is 20.1. The molecule has 2 heterocycles. The summed E-state index contributed by atoms with van der Waals surface area (Å²) in [5.41, 5.74) is 1.06. The standard InChI is InChI=1S/C22H26FN3O2S/c23-16-7-9-19(10-8-16)28-15-18(27)14-26-11-3-4-17(13-26)24-12-22-25-20-5-1-2-6-21(20)29-22/h1-2,5-10,17-18,24,27H,3-4,11-15H2. The zero-order valence-corrected chi connectivity index (χ0v) is 17.1. The van der Waals surface area contributed by atoms with Crippen LogP contribution in [-0.4, -0.2) is 53.4 Å². The maximum Gasteiger partial charge on any atom is 0.123 e. The predicted molar refractivity (Wildman–Crippen MR) is 114 cm³/mol. The number of aromatic nitrogens is 1. The molecule has 1 aliphatic rings. The number of fused-ring (bicyclic) bond motifs is 1. The minimum absolute atomic E-state index is 0.200. The zero-order valence-electron chi connectivity index (χ0n) is 16.3. The number of β-amino-alcohol motifs (C(OH)–C–C–N with tert-alkyl or cyclic N) is 1. The van der Waals surface area contributed by atoms with Crippen molar-refractivity contribution in [2.24, 2.45) is 0 Å². The van der Waals surface area contributed by atoms with E-state index in [1.54, 1.807) is 23.5 Å². The molecule has 0 amide bonds. The lowest BCUT2D eigenvalue weighted by Gasteiger charge is -2.34. The Balaban J connectivity index is 1.21. The number of benzene rings is 2. The summed E-state index contributed by atoms with van der Waals surface area (Å²) in [5, 5.41) is 15.1. The fourth-order valence-electron chi connectivity index (χ4n) is 3.69. The molecule has 3 aromatic rings. The van der Waals surface area contributed by atoms with Crippen molar-refractivity contribution in [3.05, 3.63) is 59.4 Å². The molecule has 2 atom stereocenters. The molecule has 1 saturated heterocycles. The monoisotopic (exact) mass is 415 g/mol. The van der Waals surface area contributed by atoms with Gasteiger partial charge in [-0.05, 0) is 55.8 Å². The lowest BCUT2D eigenvalue weighted by molar-refractivity contribution is 0.0559. The Kier molecular flexibility index (Phi) is 6.71. The molecule has 5 nitrogen and oxygen atoms in total. The van der Waals surface area contributed by atoms with Crippen LogP contribution >= 0.6 is 11.3 Å². The van der Waals surface area contributed by atoms with Crippen LogP contribution in [0.15, 0.2) is 48.5 Å². The lowest BCUT2D eigenvalue weighted by Crippen LogP contribution is -2.48. The number of nitrogens with zero attached hydrogens (tertiary/aromatic N) is 2. The number of hydrogen-bond acceptors (Lipinski definition) is 6. The third kappa shape index (κ3) is 5.73. The van der Waals surface area contributed by atoms with Crippen molar-refractivity contribution in [2.75, 3.05) is 26.2 Å². The Hall–Kier alpha value is -2.06. The number of aliphatic hydroxyl groups is 1. The van der Waals surface area contributed by atoms with Gasteiger partial charge in [0.15, 0.2) is 0 Å². The summed E-state index contributed by atoms with van der Waals surface area (Å²) in [4.78, 5) is 6.96. The number of likely N-dealkylation sites (tertiary alicyclic amines) is 1. The fourth-order valence-corrected chi connectivity index (χ4v) is 4.61. The molecule has 154 valence electrons. The van der Waals surface area contributed by atoms with Gasteiger partial charge in [0.1, 0.15) is 29.3 Å². The summed E-state index contributed by atoms with van der Waals surface area (Å²) in [6, 6.07) is 14.5. The summed E-state index contributed by atoms with van der Waals surface area (Å²) in [6.45, 7) is 3.42. The van der Waals surface area contributed by atoms with Gasteiger partial charge in [-0.1, -0.05) is 12.1 Å². The number of thiazole rings is 1. The van der Waals surface area contributed by atoms with Crippen LogP contribution in [0.25, 0.3) is 10.2 Å². The molecule has 0 spiro atoms. The van der Waals surface area contributed by atoms with Crippen LogP contribution in [0.1, 0.15) is 17.8 Å². The number of rotatable bonds is 8. The first kappa shape index (κ1) is 20.2. The van der Waals surface area contributed by atoms with E-state index in [4.69, 9.17) is 4.74 Å². The Morgan fingerprint density at radius 3 is 2.90 bits per heavy atom. The normalized spacial score (nSPS) is 18.8. The summed E-state index contributed by atoms with van der Waals surface area (Å²) < 4.78 is 19.7. The van der Waals surface area contributed by atoms with Crippen LogP contribution in [-0.2, 0) is 6.54 Å². The van der Waals surface area contributed by atoms with Gasteiger partial charge in [-0.15, -0.1) is 11.3 Å². The van der Waals surface area contributed by atoms with E-state index < -0.39 is 6.10 Å². The SMILES string of the molecule is OC(COc1ccc(F)cc1)CN1CCCC(NCc2nc3ccccc3s2)C1. The first-order chi connectivity index (χ1) is 14.2. The first-order valence-electron chi connectivity index (χ1n) is 10.0. The third-order valence-electron chi connectivity index (χ3n) is 5.11. The van der Waals surface area contributed by atoms with Crippen LogP contribution < -0.4 is 10.1 Å². The van der Waals surface area contributed by atoms with Gasteiger partial charge in [-0.3, -0.25) is 4.90 Å². The van der Waals surface area contributed by atoms with Gasteiger partial charge in [0.2, 0.25) is 0 Å². The van der Waals surface area contributed by atoms with Gasteiger partial charge < -0.3 is 15.2 Å². The van der Waals surface area contributed by atoms with Crippen molar-refractivity contribution in [2.45, 2.75) is 31.5 Å². The Labute approximate surface area is 174 Å². The molecule has 0 saturated carbocycles. The second-order valence-corrected chi connectivity index (χ2v) is 8.59. The van der Waals surface area contributed by atoms with Crippen LogP contribution in [0.5, 0.6) is 5.75 Å². The van der Waals surface area contributed by atoms with Crippen molar-refractivity contribution in [3.8, 4) is 5.75 Å². The highest BCUT2D eigenvalue weighted by molar-refractivity contribution is 7.18. The van der Waals surface area contributed by atoms with Crippen molar-refractivity contribution in [1.82, 2.24) is 15.2 Å². The summed E-state index contributed by atoms with van der Waals surface area (Å²) in [5.74, 6) is 0.273. The van der Waals surface area contributed by atoms with Gasteiger partial charge in [-0.2, -0.15) is 0 Å². The highest BCUT2D eigenvalue weighted by atomic mass is 32.1. The number of para-hydroxylation sites is 1. The van der Waals surface area contributed by atoms with Gasteiger partial charge in [-0.25, -0.2) is 9.37 Å². The van der Waals surface area contributed by atoms with E-state index in [9.17, 15) is 9.50 Å². The van der Waals surface area contributed by atoms with E-state index >= 15 is 0 Å². The number of hydrogen-bond donors (Lipinski definition) is 2. The van der Waals surface area contributed by atoms with Crippen molar-refractivity contribution >= 4 is 21.6 Å². The van der Waals surface area contributed by atoms with Crippen molar-refractivity contribution < 1.29 is 14.2 Å². The highest BCUT2D eigenvalue weighted by Gasteiger charge is 2.22. The molecule has 1 aliphatic heterocycles. The fraction of sp³-hybridized carbons (Fsp3) is 0.409. The molecule has 7 heteroatoms. The minimum Gasteiger partial charge on any atom is -0.491 e. The van der Waals surface area contributed by atoms with E-state index in [0.29, 0.717) is 18.3 Å². The van der Waals surface area contributed by atoms with Gasteiger partial charge in [0, 0.05) is 25.7 Å². The van der Waals surface area contributed by atoms with E-state index in [1.165, 1.54) is 16.8 Å². The van der Waals surface area contributed by atoms with E-state index in [0.717, 1.165) is 43.0 Å². The van der Waals surface area contributed by atoms with Crippen LogP contribution in [0, 0.1) is 5.82 Å². The number of piperidine rings is 1. The molecule has 29 heavy (non-hydrogen) atoms. The molecular formula is C22H26FN3O2S. The lowest BCUT2D eigenvalue weighted by atomic mass is 10.1. The maximum atomic E-state index is 12.9. The Bertz CT molecular complexity index is 885. The third-order valence-corrected chi connectivity index (χ3v) is 6.15. The first-order valence-corrected chi connectivity index (χ1v) is 10.8. The largest absolute Gasteiger partial charge is 0.491 e. The van der Waals surface area contributed by atoms with Crippen LogP contribution in [0.2, 0.25) is 0 Å². The molecule has 2 N–H and O–H groups in total. The van der Waals surface area contributed by atoms with Gasteiger partial charge >= 0.3 is 0 Å². The van der Waals surface area contributed by atoms with Gasteiger partial charge in [0.25, 0.3) is 0 Å². The molecule has 0 bridgehead atoms. The maximum absolute atomic E-state index is 12.9. The summed E-state index contributed by atoms with van der Waals surface area (Å²) in [6.07, 6.45) is 1.65. The Morgan fingerprint density at radius 1 is 1.24 bits per heavy atom. The molecular weight excluding hydrogens is 389 g/mol. The smallest absolute Gasteiger partial charge is 0.123 e. The minimum atomic E-state index is -0.580. The number of nitrogens with one attached hydrogen (secondary N) is 1. The second kappa shape index (κ2) is 9.63. The quantitative estimate of drug-likeness (QED) is 0.590. The molecule has 1 aromatic heterocycles. The molecule has 0 radical (unpaired) electrons. The number of halogens is 1. The number of aliphatic hydroxyl groups excluding tert-OH is 1. The average Bonchev–Trinajstić information content (AvgIpc) is 3.15. The summed E-state index contributed by atoms with van der Waals surface area (Å²) >= 11 is 1.74. The predicted octanol–water partition coefficient (Wildman–Crippen LogP) is 3.43. The van der Waals surface area contributed by atoms with Gasteiger partial charge in [0.05, 0.1) is 10.2 Å². The molecule has 2 unspecified atom stereocenters. The van der Waals surface area contributed by atoms with E-state index in [1.807, 2.05) is 18.2 Å². The molecule has 0 aliphatic carbocycles. The molecule has 4 rings (SSSR count). The number of ether oxygens (including phenoxy) is 1. The second-order valence-electron chi connectivity index (χ2n) is 7.47. The average molecular weight is 416 g/mol. The van der Waals surface area contributed by atoms with Crippen LogP contribution in [0.3, 0.4) is 0 Å². The van der Waals surface area contributed by atoms with Crippen molar-refractivity contribution in [3.63, 3.8) is 0 Å². The highest BCUT2D eigenvalue weighted by Crippen LogP contribution is 2.22. The molecule has 2 aromatic carbocycles. The summed E-state index contributed by atoms with van der Waals surface area (Å²) in [7, 11) is 0. The van der Waals surface area contributed by atoms with Crippen molar-refractivity contribution in [1.29, 1.82) is 0 Å². The molecule has 1 fully saturated rings. The van der Waals surface area contributed by atoms with E-state index in [2.05, 4.69) is 21.3 Å².